The molecule has 1 N–H and O–H groups in total. The van der Waals surface area contributed by atoms with Gasteiger partial charge in [0, 0.05) is 43.9 Å². The largest absolute Gasteiger partial charge is 0.477 e. The highest BCUT2D eigenvalue weighted by Crippen LogP contribution is 2.17. The summed E-state index contributed by atoms with van der Waals surface area (Å²) in [6.45, 7) is 5.20. The van der Waals surface area contributed by atoms with Crippen LogP contribution in [0.5, 0.6) is 0 Å². The van der Waals surface area contributed by atoms with Crippen molar-refractivity contribution in [3.05, 3.63) is 52.8 Å². The van der Waals surface area contributed by atoms with Gasteiger partial charge < -0.3 is 10.0 Å². The highest BCUT2D eigenvalue weighted by atomic mass is 35.5. The van der Waals surface area contributed by atoms with Crippen molar-refractivity contribution < 1.29 is 14.7 Å². The quantitative estimate of drug-likeness (QED) is 0.864. The van der Waals surface area contributed by atoms with Crippen LogP contribution in [0, 0.1) is 0 Å². The molecule has 8 heteroatoms. The van der Waals surface area contributed by atoms with E-state index in [1.54, 1.807) is 11.8 Å². The summed E-state index contributed by atoms with van der Waals surface area (Å²) in [4.78, 5) is 28.0. The molecule has 1 aromatic heterocycles. The van der Waals surface area contributed by atoms with E-state index in [0.717, 1.165) is 30.2 Å². The van der Waals surface area contributed by atoms with Gasteiger partial charge in [0.1, 0.15) is 11.7 Å². The molecule has 1 saturated heterocycles. The van der Waals surface area contributed by atoms with Gasteiger partial charge in [0.15, 0.2) is 0 Å². The lowest BCUT2D eigenvalue weighted by Gasteiger charge is -2.36. The average molecular weight is 377 g/mol. The molecule has 0 saturated carbocycles. The minimum absolute atomic E-state index is 0.0189. The van der Waals surface area contributed by atoms with Crippen LogP contribution in [0.25, 0.3) is 0 Å². The molecular formula is C18H21ClN4O3. The summed E-state index contributed by atoms with van der Waals surface area (Å²) >= 11 is 6.02. The normalized spacial score (nSPS) is 16.5. The smallest absolute Gasteiger partial charge is 0.354 e. The highest BCUT2D eigenvalue weighted by Gasteiger charge is 2.28. The van der Waals surface area contributed by atoms with Crippen LogP contribution in [0.1, 0.15) is 29.0 Å². The Balaban J connectivity index is 1.58. The van der Waals surface area contributed by atoms with Crippen molar-refractivity contribution in [2.45, 2.75) is 19.5 Å². The zero-order chi connectivity index (χ0) is 18.7. The van der Waals surface area contributed by atoms with Crippen LogP contribution in [0.2, 0.25) is 5.02 Å². The number of amides is 1. The van der Waals surface area contributed by atoms with Crippen molar-refractivity contribution in [2.75, 3.05) is 26.2 Å². The van der Waals surface area contributed by atoms with E-state index in [9.17, 15) is 14.7 Å². The maximum atomic E-state index is 12.7. The van der Waals surface area contributed by atoms with Gasteiger partial charge in [-0.15, -0.1) is 0 Å². The van der Waals surface area contributed by atoms with E-state index in [1.165, 1.54) is 16.9 Å². The van der Waals surface area contributed by atoms with Gasteiger partial charge in [0.2, 0.25) is 5.91 Å². The van der Waals surface area contributed by atoms with Crippen molar-refractivity contribution in [3.63, 3.8) is 0 Å². The lowest BCUT2D eigenvalue weighted by molar-refractivity contribution is -0.136. The molecule has 0 spiro atoms. The molecule has 2 heterocycles. The second kappa shape index (κ2) is 7.88. The topological polar surface area (TPSA) is 78.7 Å². The molecule has 26 heavy (non-hydrogen) atoms. The first-order valence-electron chi connectivity index (χ1n) is 8.48. The summed E-state index contributed by atoms with van der Waals surface area (Å²) in [6, 6.07) is 8.53. The fourth-order valence-electron chi connectivity index (χ4n) is 3.18. The third kappa shape index (κ3) is 4.05. The lowest BCUT2D eigenvalue weighted by atomic mass is 10.2. The van der Waals surface area contributed by atoms with Crippen molar-refractivity contribution in [1.29, 1.82) is 0 Å². The maximum Gasteiger partial charge on any atom is 0.354 e. The molecule has 1 aliphatic heterocycles. The van der Waals surface area contributed by atoms with E-state index in [2.05, 4.69) is 10.00 Å². The Morgan fingerprint density at radius 3 is 2.62 bits per heavy atom. The summed E-state index contributed by atoms with van der Waals surface area (Å²) in [5.41, 5.74) is 1.17. The SMILES string of the molecule is CC(C(=O)N1CCN(Cc2cccc(Cl)c2)CC1)n1nccc1C(=O)O. The van der Waals surface area contributed by atoms with E-state index in [0.29, 0.717) is 13.1 Å². The van der Waals surface area contributed by atoms with Crippen molar-refractivity contribution in [1.82, 2.24) is 19.6 Å². The number of carbonyl (C=O) groups excluding carboxylic acids is 1. The molecule has 1 atom stereocenters. The second-order valence-corrected chi connectivity index (χ2v) is 6.81. The van der Waals surface area contributed by atoms with Gasteiger partial charge in [0.25, 0.3) is 0 Å². The summed E-state index contributed by atoms with van der Waals surface area (Å²) < 4.78 is 1.27. The molecule has 138 valence electrons. The van der Waals surface area contributed by atoms with Crippen LogP contribution in [-0.2, 0) is 11.3 Å². The van der Waals surface area contributed by atoms with Gasteiger partial charge in [-0.3, -0.25) is 9.69 Å². The third-order valence-electron chi connectivity index (χ3n) is 4.59. The summed E-state index contributed by atoms with van der Waals surface area (Å²) in [5.74, 6) is -1.20. The number of piperazine rings is 1. The number of carboxylic acids is 1. The molecule has 0 bridgehead atoms. The van der Waals surface area contributed by atoms with Gasteiger partial charge >= 0.3 is 5.97 Å². The minimum Gasteiger partial charge on any atom is -0.477 e. The summed E-state index contributed by atoms with van der Waals surface area (Å²) in [7, 11) is 0. The van der Waals surface area contributed by atoms with Crippen molar-refractivity contribution in [2.24, 2.45) is 0 Å². The van der Waals surface area contributed by atoms with Crippen LogP contribution in [0.15, 0.2) is 36.5 Å². The van der Waals surface area contributed by atoms with Crippen LogP contribution >= 0.6 is 11.6 Å². The molecule has 7 nitrogen and oxygen atoms in total. The number of rotatable bonds is 5. The predicted octanol–water partition coefficient (Wildman–Crippen LogP) is 2.14. The molecule has 1 fully saturated rings. The monoisotopic (exact) mass is 376 g/mol. The zero-order valence-corrected chi connectivity index (χ0v) is 15.3. The molecule has 0 aliphatic carbocycles. The van der Waals surface area contributed by atoms with E-state index in [4.69, 9.17) is 11.6 Å². The van der Waals surface area contributed by atoms with Gasteiger partial charge in [-0.05, 0) is 30.7 Å². The van der Waals surface area contributed by atoms with Gasteiger partial charge in [-0.25, -0.2) is 9.48 Å². The van der Waals surface area contributed by atoms with E-state index in [1.807, 2.05) is 24.3 Å². The van der Waals surface area contributed by atoms with Gasteiger partial charge in [-0.2, -0.15) is 5.10 Å². The maximum absolute atomic E-state index is 12.7. The number of benzene rings is 1. The minimum atomic E-state index is -1.09. The highest BCUT2D eigenvalue weighted by molar-refractivity contribution is 6.30. The Morgan fingerprint density at radius 2 is 1.96 bits per heavy atom. The second-order valence-electron chi connectivity index (χ2n) is 6.37. The molecule has 3 rings (SSSR count). The number of aromatic nitrogens is 2. The average Bonchev–Trinajstić information content (AvgIpc) is 3.11. The van der Waals surface area contributed by atoms with Crippen LogP contribution in [0.3, 0.4) is 0 Å². The molecule has 1 aromatic carbocycles. The predicted molar refractivity (Wildman–Crippen MR) is 97.2 cm³/mol. The van der Waals surface area contributed by atoms with Crippen molar-refractivity contribution >= 4 is 23.5 Å². The number of hydrogen-bond donors (Lipinski definition) is 1. The van der Waals surface area contributed by atoms with Crippen molar-refractivity contribution in [3.8, 4) is 0 Å². The molecule has 1 amide bonds. The Bertz CT molecular complexity index is 799. The van der Waals surface area contributed by atoms with E-state index >= 15 is 0 Å². The molecule has 1 aliphatic rings. The number of hydrogen-bond acceptors (Lipinski definition) is 4. The Kier molecular flexibility index (Phi) is 5.58. The fourth-order valence-corrected chi connectivity index (χ4v) is 3.39. The van der Waals surface area contributed by atoms with Gasteiger partial charge in [0.05, 0.1) is 0 Å². The number of halogens is 1. The molecule has 0 radical (unpaired) electrons. The van der Waals surface area contributed by atoms with Gasteiger partial charge in [-0.1, -0.05) is 23.7 Å². The third-order valence-corrected chi connectivity index (χ3v) is 4.83. The van der Waals surface area contributed by atoms with E-state index in [-0.39, 0.29) is 11.6 Å². The molecule has 2 aromatic rings. The molecule has 1 unspecified atom stereocenters. The number of carboxylic acid groups (broad SMARTS) is 1. The Labute approximate surface area is 156 Å². The number of carbonyl (C=O) groups is 2. The molecular weight excluding hydrogens is 356 g/mol. The first-order valence-corrected chi connectivity index (χ1v) is 8.86. The Morgan fingerprint density at radius 1 is 1.23 bits per heavy atom. The first kappa shape index (κ1) is 18.4. The van der Waals surface area contributed by atoms with Crippen LogP contribution in [-0.4, -0.2) is 62.7 Å². The number of nitrogens with zero attached hydrogens (tertiary/aromatic N) is 4. The van der Waals surface area contributed by atoms with Crippen LogP contribution < -0.4 is 0 Å². The zero-order valence-electron chi connectivity index (χ0n) is 14.5. The fraction of sp³-hybridized carbons (Fsp3) is 0.389. The van der Waals surface area contributed by atoms with E-state index < -0.39 is 12.0 Å². The van der Waals surface area contributed by atoms with Crippen LogP contribution in [0.4, 0.5) is 0 Å². The standard InChI is InChI=1S/C18H21ClN4O3/c1-13(23-16(18(25)26)5-6-20-23)17(24)22-9-7-21(8-10-22)12-14-3-2-4-15(19)11-14/h2-6,11,13H,7-10,12H2,1H3,(H,25,26). The summed E-state index contributed by atoms with van der Waals surface area (Å²) in [5, 5.41) is 13.9. The number of aromatic carboxylic acids is 1. The lowest BCUT2D eigenvalue weighted by Crippen LogP contribution is -2.50. The Hall–Kier alpha value is -2.38. The summed E-state index contributed by atoms with van der Waals surface area (Å²) in [6.07, 6.45) is 1.40. The first-order chi connectivity index (χ1) is 12.5.